The molecule has 1 aliphatic heterocycles. The molecule has 0 unspecified atom stereocenters. The molecule has 22 heavy (non-hydrogen) atoms. The maximum Gasteiger partial charge on any atom is 0.265 e. The summed E-state index contributed by atoms with van der Waals surface area (Å²) in [6.45, 7) is 3.37. The van der Waals surface area contributed by atoms with Gasteiger partial charge >= 0.3 is 0 Å². The van der Waals surface area contributed by atoms with E-state index in [0.717, 1.165) is 34.7 Å². The van der Waals surface area contributed by atoms with E-state index in [1.165, 1.54) is 11.3 Å². The first-order chi connectivity index (χ1) is 10.6. The number of carbonyl (C=O) groups excluding carboxylic acids is 2. The second kappa shape index (κ2) is 6.32. The fourth-order valence-corrected chi connectivity index (χ4v) is 3.45. The maximum absolute atomic E-state index is 12.2. The Morgan fingerprint density at radius 2 is 2.23 bits per heavy atom. The predicted molar refractivity (Wildman–Crippen MR) is 88.1 cm³/mol. The van der Waals surface area contributed by atoms with Crippen molar-refractivity contribution in [2.45, 2.75) is 26.3 Å². The van der Waals surface area contributed by atoms with E-state index in [9.17, 15) is 9.59 Å². The third-order valence-electron chi connectivity index (χ3n) is 3.80. The monoisotopic (exact) mass is 314 g/mol. The smallest absolute Gasteiger partial charge is 0.265 e. The lowest BCUT2D eigenvalue weighted by atomic mass is 10.2. The van der Waals surface area contributed by atoms with E-state index in [0.29, 0.717) is 13.0 Å². The molecule has 4 nitrogen and oxygen atoms in total. The molecular weight excluding hydrogens is 296 g/mol. The number of likely N-dealkylation sites (tertiary alicyclic amines) is 1. The van der Waals surface area contributed by atoms with Gasteiger partial charge in [-0.3, -0.25) is 9.59 Å². The number of nitrogens with one attached hydrogen (secondary N) is 1. The Balaban J connectivity index is 1.70. The molecule has 1 aliphatic rings. The van der Waals surface area contributed by atoms with Crippen molar-refractivity contribution in [3.05, 3.63) is 51.7 Å². The molecule has 0 spiro atoms. The second-order valence-electron chi connectivity index (χ2n) is 5.51. The number of nitrogens with zero attached hydrogens (tertiary/aromatic N) is 1. The van der Waals surface area contributed by atoms with Crippen LogP contribution < -0.4 is 5.32 Å². The fraction of sp³-hybridized carbons (Fsp3) is 0.294. The Morgan fingerprint density at radius 3 is 2.91 bits per heavy atom. The highest BCUT2D eigenvalue weighted by atomic mass is 32.1. The van der Waals surface area contributed by atoms with Gasteiger partial charge in [0.05, 0.1) is 4.88 Å². The molecule has 2 amide bonds. The molecule has 1 aromatic heterocycles. The molecule has 2 heterocycles. The summed E-state index contributed by atoms with van der Waals surface area (Å²) in [5.41, 5.74) is 2.79. The van der Waals surface area contributed by atoms with Crippen molar-refractivity contribution in [2.75, 3.05) is 11.9 Å². The van der Waals surface area contributed by atoms with Crippen LogP contribution >= 0.6 is 11.3 Å². The average molecular weight is 314 g/mol. The standard InChI is InChI=1S/C17H18N2O2S/c1-12-7-9-22-16(12)17(21)18-14-5-2-4-13(10-14)11-19-8-3-6-15(19)20/h2,4-5,7,9-10H,3,6,8,11H2,1H3,(H,18,21). The van der Waals surface area contributed by atoms with Crippen molar-refractivity contribution < 1.29 is 9.59 Å². The van der Waals surface area contributed by atoms with E-state index >= 15 is 0 Å². The summed E-state index contributed by atoms with van der Waals surface area (Å²) in [5, 5.41) is 4.85. The Kier molecular flexibility index (Phi) is 4.24. The summed E-state index contributed by atoms with van der Waals surface area (Å²) in [5.74, 6) is 0.130. The molecule has 1 saturated heterocycles. The zero-order valence-corrected chi connectivity index (χ0v) is 13.3. The molecule has 1 fully saturated rings. The lowest BCUT2D eigenvalue weighted by molar-refractivity contribution is -0.128. The van der Waals surface area contributed by atoms with Crippen molar-refractivity contribution in [1.29, 1.82) is 0 Å². The van der Waals surface area contributed by atoms with Crippen LogP contribution in [0.5, 0.6) is 0 Å². The molecule has 5 heteroatoms. The minimum absolute atomic E-state index is 0.0816. The summed E-state index contributed by atoms with van der Waals surface area (Å²) in [4.78, 5) is 26.5. The normalized spacial score (nSPS) is 14.4. The van der Waals surface area contributed by atoms with Gasteiger partial charge in [-0.1, -0.05) is 12.1 Å². The Bertz CT molecular complexity index is 708. The van der Waals surface area contributed by atoms with Gasteiger partial charge in [-0.2, -0.15) is 0 Å². The highest BCUT2D eigenvalue weighted by molar-refractivity contribution is 7.12. The van der Waals surface area contributed by atoms with Crippen LogP contribution in [0, 0.1) is 6.92 Å². The van der Waals surface area contributed by atoms with Gasteiger partial charge in [0.25, 0.3) is 5.91 Å². The molecule has 0 radical (unpaired) electrons. The molecular formula is C17H18N2O2S. The van der Waals surface area contributed by atoms with Gasteiger partial charge in [-0.15, -0.1) is 11.3 Å². The van der Waals surface area contributed by atoms with E-state index in [1.807, 2.05) is 47.5 Å². The first-order valence-electron chi connectivity index (χ1n) is 7.35. The molecule has 3 rings (SSSR count). The molecule has 114 valence electrons. The Labute approximate surface area is 133 Å². The molecule has 1 aromatic carbocycles. The van der Waals surface area contributed by atoms with E-state index in [-0.39, 0.29) is 11.8 Å². The van der Waals surface area contributed by atoms with Crippen molar-refractivity contribution in [1.82, 2.24) is 4.90 Å². The summed E-state index contributed by atoms with van der Waals surface area (Å²) in [6.07, 6.45) is 1.58. The number of carbonyl (C=O) groups is 2. The SMILES string of the molecule is Cc1ccsc1C(=O)Nc1cccc(CN2CCCC2=O)c1. The first kappa shape index (κ1) is 14.8. The lowest BCUT2D eigenvalue weighted by Crippen LogP contribution is -2.23. The Morgan fingerprint density at radius 1 is 1.36 bits per heavy atom. The van der Waals surface area contributed by atoms with Gasteiger partial charge in [0.15, 0.2) is 0 Å². The highest BCUT2D eigenvalue weighted by Crippen LogP contribution is 2.20. The molecule has 0 aliphatic carbocycles. The molecule has 0 atom stereocenters. The van der Waals surface area contributed by atoms with Crippen LogP contribution in [0.15, 0.2) is 35.7 Å². The third-order valence-corrected chi connectivity index (χ3v) is 4.81. The van der Waals surface area contributed by atoms with Crippen molar-refractivity contribution in [3.63, 3.8) is 0 Å². The zero-order chi connectivity index (χ0) is 15.5. The van der Waals surface area contributed by atoms with Crippen LogP contribution in [0.3, 0.4) is 0 Å². The van der Waals surface area contributed by atoms with Gasteiger partial charge in [0, 0.05) is 25.2 Å². The minimum Gasteiger partial charge on any atom is -0.338 e. The number of hydrogen-bond acceptors (Lipinski definition) is 3. The Hall–Kier alpha value is -2.14. The predicted octanol–water partition coefficient (Wildman–Crippen LogP) is 3.43. The fourth-order valence-electron chi connectivity index (χ4n) is 2.63. The molecule has 0 saturated carbocycles. The van der Waals surface area contributed by atoms with Crippen molar-refractivity contribution >= 4 is 28.8 Å². The number of rotatable bonds is 4. The summed E-state index contributed by atoms with van der Waals surface area (Å²) < 4.78 is 0. The van der Waals surface area contributed by atoms with Gasteiger partial charge in [-0.25, -0.2) is 0 Å². The van der Waals surface area contributed by atoms with Gasteiger partial charge in [-0.05, 0) is 48.1 Å². The molecule has 2 aromatic rings. The van der Waals surface area contributed by atoms with Crippen LogP contribution in [0.1, 0.15) is 33.6 Å². The van der Waals surface area contributed by atoms with E-state index in [4.69, 9.17) is 0 Å². The summed E-state index contributed by atoms with van der Waals surface area (Å²) in [6, 6.07) is 9.64. The quantitative estimate of drug-likeness (QED) is 0.940. The molecule has 1 N–H and O–H groups in total. The lowest BCUT2D eigenvalue weighted by Gasteiger charge is -2.16. The topological polar surface area (TPSA) is 49.4 Å². The van der Waals surface area contributed by atoms with Crippen LogP contribution in [0.2, 0.25) is 0 Å². The summed E-state index contributed by atoms with van der Waals surface area (Å²) in [7, 11) is 0. The molecule has 0 bridgehead atoms. The summed E-state index contributed by atoms with van der Waals surface area (Å²) >= 11 is 1.44. The average Bonchev–Trinajstić information content (AvgIpc) is 3.09. The number of anilines is 1. The van der Waals surface area contributed by atoms with Crippen LogP contribution in [-0.2, 0) is 11.3 Å². The second-order valence-corrected chi connectivity index (χ2v) is 6.42. The maximum atomic E-state index is 12.2. The van der Waals surface area contributed by atoms with E-state index in [1.54, 1.807) is 0 Å². The number of hydrogen-bond donors (Lipinski definition) is 1. The van der Waals surface area contributed by atoms with Crippen molar-refractivity contribution in [2.24, 2.45) is 0 Å². The minimum atomic E-state index is -0.0816. The van der Waals surface area contributed by atoms with Gasteiger partial charge < -0.3 is 10.2 Å². The first-order valence-corrected chi connectivity index (χ1v) is 8.23. The number of amides is 2. The van der Waals surface area contributed by atoms with Gasteiger partial charge in [0.1, 0.15) is 0 Å². The van der Waals surface area contributed by atoms with Gasteiger partial charge in [0.2, 0.25) is 5.91 Å². The van der Waals surface area contributed by atoms with Crippen LogP contribution in [0.25, 0.3) is 0 Å². The number of aryl methyl sites for hydroxylation is 1. The van der Waals surface area contributed by atoms with E-state index in [2.05, 4.69) is 5.32 Å². The third kappa shape index (κ3) is 3.20. The number of benzene rings is 1. The number of thiophene rings is 1. The highest BCUT2D eigenvalue weighted by Gasteiger charge is 2.20. The largest absolute Gasteiger partial charge is 0.338 e. The van der Waals surface area contributed by atoms with Crippen molar-refractivity contribution in [3.8, 4) is 0 Å². The van der Waals surface area contributed by atoms with E-state index < -0.39 is 0 Å². The van der Waals surface area contributed by atoms with Crippen LogP contribution in [0.4, 0.5) is 5.69 Å². The van der Waals surface area contributed by atoms with Crippen LogP contribution in [-0.4, -0.2) is 23.3 Å². The zero-order valence-electron chi connectivity index (χ0n) is 12.5.